The second-order valence-electron chi connectivity index (χ2n) is 6.24. The summed E-state index contributed by atoms with van der Waals surface area (Å²) < 4.78 is 42.0. The van der Waals surface area contributed by atoms with Gasteiger partial charge in [0.05, 0.1) is 29.5 Å². The highest BCUT2D eigenvalue weighted by Gasteiger charge is 2.15. The molecule has 146 valence electrons. The van der Waals surface area contributed by atoms with Gasteiger partial charge in [-0.05, 0) is 19.1 Å². The summed E-state index contributed by atoms with van der Waals surface area (Å²) in [5.41, 5.74) is 6.84. The van der Waals surface area contributed by atoms with Crippen LogP contribution in [-0.2, 0) is 13.6 Å². The first-order chi connectivity index (χ1) is 13.4. The van der Waals surface area contributed by atoms with Gasteiger partial charge in [0.25, 0.3) is 6.43 Å². The molecule has 0 unspecified atom stereocenters. The van der Waals surface area contributed by atoms with Crippen molar-refractivity contribution < 1.29 is 13.2 Å². The van der Waals surface area contributed by atoms with Crippen LogP contribution in [0.5, 0.6) is 0 Å². The topological polar surface area (TPSA) is 69.1 Å². The molecule has 1 aromatic carbocycles. The molecular weight excluding hydrogens is 367 g/mol. The van der Waals surface area contributed by atoms with Gasteiger partial charge in [0, 0.05) is 24.5 Å². The molecule has 0 radical (unpaired) electrons. The third kappa shape index (κ3) is 3.96. The zero-order valence-electron chi connectivity index (χ0n) is 15.5. The number of alkyl halides is 2. The number of halogens is 3. The van der Waals surface area contributed by atoms with E-state index >= 15 is 0 Å². The van der Waals surface area contributed by atoms with Gasteiger partial charge in [0.2, 0.25) is 0 Å². The Balaban J connectivity index is 2.13. The van der Waals surface area contributed by atoms with Gasteiger partial charge < -0.3 is 10.3 Å². The van der Waals surface area contributed by atoms with E-state index in [4.69, 9.17) is 5.73 Å². The molecule has 0 aliphatic rings. The van der Waals surface area contributed by atoms with Crippen molar-refractivity contribution in [1.29, 1.82) is 0 Å². The largest absolute Gasteiger partial charge is 0.331 e. The highest BCUT2D eigenvalue weighted by molar-refractivity contribution is 5.79. The standard InChI is InChI=1S/C20H20F3N5/c1-12-27-20(26-10-13-5-3-7-15(18(13)21)19(22)23)16-9-14(6-4-8-24)25-11-17(16)28(12)2/h3-7,9,11,19H,8,10,24H2,1-2H3/b6-4+,26-20?. The van der Waals surface area contributed by atoms with E-state index in [9.17, 15) is 13.2 Å². The Bertz CT molecular complexity index is 1100. The van der Waals surface area contributed by atoms with Crippen LogP contribution in [0.3, 0.4) is 0 Å². The van der Waals surface area contributed by atoms with Crippen LogP contribution in [-0.4, -0.2) is 21.1 Å². The molecule has 0 amide bonds. The number of aromatic nitrogens is 3. The van der Waals surface area contributed by atoms with Gasteiger partial charge in [-0.1, -0.05) is 24.3 Å². The normalized spacial score (nSPS) is 12.6. The van der Waals surface area contributed by atoms with Gasteiger partial charge in [-0.2, -0.15) is 0 Å². The van der Waals surface area contributed by atoms with Crippen LogP contribution in [0, 0.1) is 12.7 Å². The van der Waals surface area contributed by atoms with Crippen molar-refractivity contribution in [1.82, 2.24) is 14.5 Å². The molecule has 0 aliphatic heterocycles. The van der Waals surface area contributed by atoms with Gasteiger partial charge in [-0.3, -0.25) is 9.98 Å². The number of nitrogens with zero attached hydrogens (tertiary/aromatic N) is 4. The van der Waals surface area contributed by atoms with E-state index < -0.39 is 17.8 Å². The number of hydrogen-bond donors (Lipinski definition) is 1. The van der Waals surface area contributed by atoms with Crippen molar-refractivity contribution in [3.05, 3.63) is 70.5 Å². The first kappa shape index (κ1) is 19.8. The maximum absolute atomic E-state index is 14.3. The smallest absolute Gasteiger partial charge is 0.266 e. The average Bonchev–Trinajstić information content (AvgIpc) is 2.68. The SMILES string of the molecule is Cc1nc(=NCc2cccc(C(F)F)c2F)c2cc(/C=C/CN)ncc2n1C. The van der Waals surface area contributed by atoms with Gasteiger partial charge in [-0.15, -0.1) is 0 Å². The Morgan fingerprint density at radius 3 is 2.82 bits per heavy atom. The molecule has 3 rings (SSSR count). The van der Waals surface area contributed by atoms with Crippen molar-refractivity contribution >= 4 is 17.0 Å². The summed E-state index contributed by atoms with van der Waals surface area (Å²) in [5, 5.41) is 0.727. The lowest BCUT2D eigenvalue weighted by molar-refractivity contribution is 0.146. The van der Waals surface area contributed by atoms with E-state index in [0.717, 1.165) is 17.0 Å². The van der Waals surface area contributed by atoms with Gasteiger partial charge >= 0.3 is 0 Å². The van der Waals surface area contributed by atoms with Crippen LogP contribution in [0.2, 0.25) is 0 Å². The molecule has 8 heteroatoms. The maximum Gasteiger partial charge on any atom is 0.266 e. The van der Waals surface area contributed by atoms with Crippen LogP contribution >= 0.6 is 0 Å². The van der Waals surface area contributed by atoms with E-state index in [1.807, 2.05) is 24.6 Å². The summed E-state index contributed by atoms with van der Waals surface area (Å²) in [7, 11) is 1.86. The third-order valence-corrected chi connectivity index (χ3v) is 4.43. The molecule has 3 aromatic rings. The minimum absolute atomic E-state index is 0.0935. The molecule has 0 saturated carbocycles. The fourth-order valence-corrected chi connectivity index (χ4v) is 2.82. The Morgan fingerprint density at radius 1 is 1.32 bits per heavy atom. The minimum atomic E-state index is -2.88. The first-order valence-electron chi connectivity index (χ1n) is 8.68. The lowest BCUT2D eigenvalue weighted by Gasteiger charge is -2.10. The number of nitrogens with two attached hydrogens (primary N) is 1. The summed E-state index contributed by atoms with van der Waals surface area (Å²) in [5.74, 6) is -0.239. The molecule has 0 fully saturated rings. The number of aryl methyl sites for hydroxylation is 2. The molecular formula is C20H20F3N5. The average molecular weight is 387 g/mol. The highest BCUT2D eigenvalue weighted by Crippen LogP contribution is 2.24. The predicted octanol–water partition coefficient (Wildman–Crippen LogP) is 3.43. The third-order valence-electron chi connectivity index (χ3n) is 4.43. The lowest BCUT2D eigenvalue weighted by atomic mass is 10.1. The van der Waals surface area contributed by atoms with Crippen LogP contribution < -0.4 is 11.2 Å². The van der Waals surface area contributed by atoms with Gasteiger partial charge in [0.15, 0.2) is 5.49 Å². The van der Waals surface area contributed by atoms with E-state index in [0.29, 0.717) is 23.6 Å². The molecule has 5 nitrogen and oxygen atoms in total. The van der Waals surface area contributed by atoms with Crippen LogP contribution in [0.15, 0.2) is 41.5 Å². The van der Waals surface area contributed by atoms with Crippen molar-refractivity contribution in [3.8, 4) is 0 Å². The second-order valence-corrected chi connectivity index (χ2v) is 6.24. The summed E-state index contributed by atoms with van der Waals surface area (Å²) in [6, 6.07) is 5.74. The van der Waals surface area contributed by atoms with Gasteiger partial charge in [-0.25, -0.2) is 18.2 Å². The Morgan fingerprint density at radius 2 is 2.11 bits per heavy atom. The predicted molar refractivity (Wildman–Crippen MR) is 102 cm³/mol. The molecule has 2 heterocycles. The molecule has 2 N–H and O–H groups in total. The summed E-state index contributed by atoms with van der Waals surface area (Å²) in [4.78, 5) is 13.3. The number of pyridine rings is 1. The molecule has 0 spiro atoms. The second kappa shape index (κ2) is 8.35. The van der Waals surface area contributed by atoms with Crippen molar-refractivity contribution in [2.24, 2.45) is 17.8 Å². The summed E-state index contributed by atoms with van der Waals surface area (Å²) in [6.45, 7) is 2.10. The molecule has 0 atom stereocenters. The fourth-order valence-electron chi connectivity index (χ4n) is 2.82. The zero-order valence-corrected chi connectivity index (χ0v) is 15.5. The van der Waals surface area contributed by atoms with Crippen LogP contribution in [0.4, 0.5) is 13.2 Å². The number of fused-ring (bicyclic) bond motifs is 1. The maximum atomic E-state index is 14.3. The van der Waals surface area contributed by atoms with Crippen LogP contribution in [0.25, 0.3) is 17.0 Å². The highest BCUT2D eigenvalue weighted by atomic mass is 19.3. The first-order valence-corrected chi connectivity index (χ1v) is 8.68. The monoisotopic (exact) mass is 387 g/mol. The molecule has 2 aromatic heterocycles. The number of hydrogen-bond acceptors (Lipinski definition) is 4. The van der Waals surface area contributed by atoms with E-state index in [1.165, 1.54) is 12.1 Å². The lowest BCUT2D eigenvalue weighted by Crippen LogP contribution is -2.17. The Hall–Kier alpha value is -3.00. The Kier molecular flexibility index (Phi) is 5.89. The van der Waals surface area contributed by atoms with E-state index in [2.05, 4.69) is 15.0 Å². The Labute approximate surface area is 160 Å². The molecule has 0 bridgehead atoms. The van der Waals surface area contributed by atoms with Crippen molar-refractivity contribution in [3.63, 3.8) is 0 Å². The summed E-state index contributed by atoms with van der Waals surface area (Å²) >= 11 is 0. The summed E-state index contributed by atoms with van der Waals surface area (Å²) in [6.07, 6.45) is 2.39. The zero-order chi connectivity index (χ0) is 20.3. The minimum Gasteiger partial charge on any atom is -0.331 e. The van der Waals surface area contributed by atoms with E-state index in [1.54, 1.807) is 18.3 Å². The molecule has 0 aliphatic carbocycles. The number of benzene rings is 1. The number of rotatable bonds is 5. The quantitative estimate of drug-likeness (QED) is 0.729. The fraction of sp³-hybridized carbons (Fsp3) is 0.250. The van der Waals surface area contributed by atoms with E-state index in [-0.39, 0.29) is 12.1 Å². The molecule has 0 saturated heterocycles. The molecule has 28 heavy (non-hydrogen) atoms. The van der Waals surface area contributed by atoms with Gasteiger partial charge in [0.1, 0.15) is 11.6 Å². The van der Waals surface area contributed by atoms with Crippen molar-refractivity contribution in [2.45, 2.75) is 19.9 Å². The van der Waals surface area contributed by atoms with Crippen molar-refractivity contribution in [2.75, 3.05) is 6.54 Å². The van der Waals surface area contributed by atoms with Crippen LogP contribution in [0.1, 0.15) is 29.1 Å².